The van der Waals surface area contributed by atoms with Crippen molar-refractivity contribution in [3.63, 3.8) is 0 Å². The molecule has 1 heterocycles. The Bertz CT molecular complexity index is 263. The first kappa shape index (κ1) is 12.0. The maximum Gasteiger partial charge on any atom is 0.303 e. The van der Waals surface area contributed by atoms with Gasteiger partial charge in [-0.1, -0.05) is 13.8 Å². The second kappa shape index (κ2) is 4.64. The van der Waals surface area contributed by atoms with Gasteiger partial charge in [-0.15, -0.1) is 0 Å². The molecule has 1 N–H and O–H groups in total. The van der Waals surface area contributed by atoms with Gasteiger partial charge in [-0.2, -0.15) is 0 Å². The van der Waals surface area contributed by atoms with Crippen LogP contribution in [0.15, 0.2) is 0 Å². The lowest BCUT2D eigenvalue weighted by molar-refractivity contribution is -0.145. The van der Waals surface area contributed by atoms with Crippen LogP contribution in [0.4, 0.5) is 0 Å². The summed E-state index contributed by atoms with van der Waals surface area (Å²) in [6, 6.07) is 0.0716. The van der Waals surface area contributed by atoms with Crippen molar-refractivity contribution in [1.29, 1.82) is 0 Å². The molecule has 4 nitrogen and oxygen atoms in total. The summed E-state index contributed by atoms with van der Waals surface area (Å²) in [6.45, 7) is 4.07. The zero-order chi connectivity index (χ0) is 11.6. The highest BCUT2D eigenvalue weighted by molar-refractivity contribution is 5.77. The molecule has 86 valence electrons. The van der Waals surface area contributed by atoms with E-state index in [1.54, 1.807) is 11.9 Å². The Morgan fingerprint density at radius 3 is 2.67 bits per heavy atom. The number of aliphatic carboxylic acids is 1. The van der Waals surface area contributed by atoms with Crippen molar-refractivity contribution in [3.05, 3.63) is 0 Å². The van der Waals surface area contributed by atoms with E-state index < -0.39 is 5.97 Å². The molecule has 1 aliphatic heterocycles. The Labute approximate surface area is 90.3 Å². The fourth-order valence-electron chi connectivity index (χ4n) is 2.58. The minimum Gasteiger partial charge on any atom is -0.481 e. The molecule has 0 spiro atoms. The van der Waals surface area contributed by atoms with Gasteiger partial charge in [0.25, 0.3) is 0 Å². The summed E-state index contributed by atoms with van der Waals surface area (Å²) in [5.41, 5.74) is 0. The SMILES string of the molecule is CC(C)[C@@H]1[C@@H](CC(=O)O)CCC(=O)N1C. The molecule has 0 aromatic carbocycles. The summed E-state index contributed by atoms with van der Waals surface area (Å²) in [7, 11) is 1.78. The highest BCUT2D eigenvalue weighted by atomic mass is 16.4. The molecule has 0 aromatic heterocycles. The average molecular weight is 213 g/mol. The highest BCUT2D eigenvalue weighted by Gasteiger charge is 2.36. The molecular weight excluding hydrogens is 194 g/mol. The smallest absolute Gasteiger partial charge is 0.303 e. The molecule has 4 heteroatoms. The van der Waals surface area contributed by atoms with Gasteiger partial charge in [0.15, 0.2) is 0 Å². The third kappa shape index (κ3) is 2.70. The van der Waals surface area contributed by atoms with Crippen molar-refractivity contribution in [3.8, 4) is 0 Å². The van der Waals surface area contributed by atoms with Crippen LogP contribution in [0.25, 0.3) is 0 Å². The van der Waals surface area contributed by atoms with Gasteiger partial charge in [-0.3, -0.25) is 9.59 Å². The van der Waals surface area contributed by atoms with E-state index in [1.807, 2.05) is 13.8 Å². The maximum absolute atomic E-state index is 11.5. The molecule has 0 aliphatic carbocycles. The Morgan fingerprint density at radius 2 is 2.20 bits per heavy atom. The Balaban J connectivity index is 2.77. The van der Waals surface area contributed by atoms with E-state index in [0.29, 0.717) is 18.8 Å². The van der Waals surface area contributed by atoms with Crippen molar-refractivity contribution in [2.24, 2.45) is 11.8 Å². The van der Waals surface area contributed by atoms with Gasteiger partial charge in [0, 0.05) is 19.5 Å². The van der Waals surface area contributed by atoms with Crippen molar-refractivity contribution >= 4 is 11.9 Å². The first-order chi connectivity index (χ1) is 6.93. The number of amides is 1. The van der Waals surface area contributed by atoms with Gasteiger partial charge in [0.05, 0.1) is 6.42 Å². The molecule has 0 radical (unpaired) electrons. The number of carboxylic acids is 1. The summed E-state index contributed by atoms with van der Waals surface area (Å²) in [5.74, 6) is -0.225. The van der Waals surface area contributed by atoms with E-state index in [1.165, 1.54) is 0 Å². The molecule has 0 saturated carbocycles. The number of nitrogens with zero attached hydrogens (tertiary/aromatic N) is 1. The number of carbonyl (C=O) groups excluding carboxylic acids is 1. The fraction of sp³-hybridized carbons (Fsp3) is 0.818. The second-order valence-corrected chi connectivity index (χ2v) is 4.64. The summed E-state index contributed by atoms with van der Waals surface area (Å²) in [4.78, 5) is 24.0. The molecule has 1 rings (SSSR count). The Hall–Kier alpha value is -1.06. The minimum atomic E-state index is -0.770. The molecule has 2 atom stereocenters. The van der Waals surface area contributed by atoms with Crippen molar-refractivity contribution in [2.45, 2.75) is 39.2 Å². The Kier molecular flexibility index (Phi) is 3.72. The van der Waals surface area contributed by atoms with Crippen molar-refractivity contribution in [1.82, 2.24) is 4.90 Å². The fourth-order valence-corrected chi connectivity index (χ4v) is 2.58. The van der Waals surface area contributed by atoms with Gasteiger partial charge in [-0.25, -0.2) is 0 Å². The van der Waals surface area contributed by atoms with Crippen LogP contribution in [0.3, 0.4) is 0 Å². The predicted molar refractivity (Wildman–Crippen MR) is 56.4 cm³/mol. The van der Waals surface area contributed by atoms with Crippen LogP contribution in [-0.2, 0) is 9.59 Å². The van der Waals surface area contributed by atoms with E-state index in [2.05, 4.69) is 0 Å². The molecule has 1 aliphatic rings. The van der Waals surface area contributed by atoms with Crippen LogP contribution < -0.4 is 0 Å². The zero-order valence-electron chi connectivity index (χ0n) is 9.56. The lowest BCUT2D eigenvalue weighted by Gasteiger charge is -2.41. The molecule has 0 unspecified atom stereocenters. The van der Waals surface area contributed by atoms with Crippen LogP contribution in [0.5, 0.6) is 0 Å². The standard InChI is InChI=1S/C11H19NO3/c1-7(2)11-8(6-10(14)15)4-5-9(13)12(11)3/h7-8,11H,4-6H2,1-3H3,(H,14,15)/t8-,11-/m1/s1. The third-order valence-electron chi connectivity index (χ3n) is 3.17. The second-order valence-electron chi connectivity index (χ2n) is 4.64. The van der Waals surface area contributed by atoms with Crippen LogP contribution in [-0.4, -0.2) is 35.0 Å². The number of piperidine rings is 1. The Morgan fingerprint density at radius 1 is 1.60 bits per heavy atom. The average Bonchev–Trinajstić information content (AvgIpc) is 2.10. The summed E-state index contributed by atoms with van der Waals surface area (Å²) in [6.07, 6.45) is 1.36. The van der Waals surface area contributed by atoms with Crippen LogP contribution in [0.1, 0.15) is 33.1 Å². The summed E-state index contributed by atoms with van der Waals surface area (Å²) in [5, 5.41) is 8.81. The number of carboxylic acid groups (broad SMARTS) is 1. The van der Waals surface area contributed by atoms with Gasteiger partial charge >= 0.3 is 5.97 Å². The molecule has 1 fully saturated rings. The first-order valence-electron chi connectivity index (χ1n) is 5.41. The third-order valence-corrected chi connectivity index (χ3v) is 3.17. The molecule has 15 heavy (non-hydrogen) atoms. The molecule has 0 aromatic rings. The van der Waals surface area contributed by atoms with E-state index in [0.717, 1.165) is 0 Å². The number of likely N-dealkylation sites (tertiary alicyclic amines) is 1. The highest BCUT2D eigenvalue weighted by Crippen LogP contribution is 2.30. The van der Waals surface area contributed by atoms with Crippen LogP contribution in [0, 0.1) is 11.8 Å². The lowest BCUT2D eigenvalue weighted by Crippen LogP contribution is -2.49. The van der Waals surface area contributed by atoms with Crippen LogP contribution in [0.2, 0.25) is 0 Å². The maximum atomic E-state index is 11.5. The molecular formula is C11H19NO3. The molecule has 1 saturated heterocycles. The minimum absolute atomic E-state index is 0.0716. The largest absolute Gasteiger partial charge is 0.481 e. The van der Waals surface area contributed by atoms with E-state index in [4.69, 9.17) is 5.11 Å². The number of hydrogen-bond acceptors (Lipinski definition) is 2. The lowest BCUT2D eigenvalue weighted by atomic mass is 9.81. The number of hydrogen-bond donors (Lipinski definition) is 1. The zero-order valence-corrected chi connectivity index (χ0v) is 9.56. The predicted octanol–water partition coefficient (Wildman–Crippen LogP) is 1.35. The number of rotatable bonds is 3. The van der Waals surface area contributed by atoms with Crippen molar-refractivity contribution in [2.75, 3.05) is 7.05 Å². The number of carbonyl (C=O) groups is 2. The first-order valence-corrected chi connectivity index (χ1v) is 5.41. The van der Waals surface area contributed by atoms with E-state index >= 15 is 0 Å². The normalized spacial score (nSPS) is 27.2. The van der Waals surface area contributed by atoms with Gasteiger partial charge in [-0.05, 0) is 18.3 Å². The van der Waals surface area contributed by atoms with Crippen LogP contribution >= 0.6 is 0 Å². The summed E-state index contributed by atoms with van der Waals surface area (Å²) >= 11 is 0. The quantitative estimate of drug-likeness (QED) is 0.770. The van der Waals surface area contributed by atoms with Gasteiger partial charge < -0.3 is 10.0 Å². The van der Waals surface area contributed by atoms with Gasteiger partial charge in [0.2, 0.25) is 5.91 Å². The van der Waals surface area contributed by atoms with Crippen molar-refractivity contribution < 1.29 is 14.7 Å². The monoisotopic (exact) mass is 213 g/mol. The topological polar surface area (TPSA) is 57.6 Å². The molecule has 0 bridgehead atoms. The molecule has 1 amide bonds. The van der Waals surface area contributed by atoms with E-state index in [9.17, 15) is 9.59 Å². The van der Waals surface area contributed by atoms with E-state index in [-0.39, 0.29) is 24.3 Å². The van der Waals surface area contributed by atoms with Gasteiger partial charge in [0.1, 0.15) is 0 Å². The summed E-state index contributed by atoms with van der Waals surface area (Å²) < 4.78 is 0.